The van der Waals surface area contributed by atoms with Gasteiger partial charge in [-0.1, -0.05) is 35.5 Å². The van der Waals surface area contributed by atoms with E-state index in [0.717, 1.165) is 6.07 Å². The first-order valence-electron chi connectivity index (χ1n) is 10.7. The van der Waals surface area contributed by atoms with Gasteiger partial charge in [-0.05, 0) is 60.7 Å². The van der Waals surface area contributed by atoms with Gasteiger partial charge in [0.15, 0.2) is 11.0 Å². The van der Waals surface area contributed by atoms with Crippen molar-refractivity contribution >= 4 is 40.9 Å². The van der Waals surface area contributed by atoms with Crippen molar-refractivity contribution in [2.24, 2.45) is 0 Å². The number of halogens is 2. The molecule has 0 fully saturated rings. The fourth-order valence-electron chi connectivity index (χ4n) is 3.28. The third-order valence-electron chi connectivity index (χ3n) is 4.97. The van der Waals surface area contributed by atoms with Gasteiger partial charge in [0.2, 0.25) is 5.91 Å². The van der Waals surface area contributed by atoms with Crippen LogP contribution in [0.5, 0.6) is 5.75 Å². The number of aromatic nitrogens is 3. The highest BCUT2D eigenvalue weighted by Crippen LogP contribution is 2.24. The molecule has 1 heterocycles. The number of amides is 2. The van der Waals surface area contributed by atoms with Gasteiger partial charge in [-0.2, -0.15) is 0 Å². The molecular formula is C25H21ClFN5O3S. The molecule has 0 atom stereocenters. The average molecular weight is 526 g/mol. The van der Waals surface area contributed by atoms with E-state index in [1.54, 1.807) is 54.1 Å². The zero-order chi connectivity index (χ0) is 25.5. The van der Waals surface area contributed by atoms with Crippen LogP contribution in [0.25, 0.3) is 5.69 Å². The van der Waals surface area contributed by atoms with E-state index in [4.69, 9.17) is 16.3 Å². The van der Waals surface area contributed by atoms with Crippen LogP contribution in [0, 0.1) is 5.82 Å². The summed E-state index contributed by atoms with van der Waals surface area (Å²) in [7, 11) is 1.57. The second-order valence-corrected chi connectivity index (χ2v) is 8.85. The second kappa shape index (κ2) is 11.7. The van der Waals surface area contributed by atoms with Crippen molar-refractivity contribution in [1.29, 1.82) is 0 Å². The highest BCUT2D eigenvalue weighted by molar-refractivity contribution is 7.99. The average Bonchev–Trinajstić information content (AvgIpc) is 3.29. The Hall–Kier alpha value is -3.89. The minimum absolute atomic E-state index is 0.0213. The lowest BCUT2D eigenvalue weighted by atomic mass is 10.2. The number of thioether (sulfide) groups is 1. The molecule has 0 radical (unpaired) electrons. The Morgan fingerprint density at radius 2 is 1.83 bits per heavy atom. The number of hydrogen-bond acceptors (Lipinski definition) is 6. The van der Waals surface area contributed by atoms with E-state index in [-0.39, 0.29) is 23.8 Å². The van der Waals surface area contributed by atoms with Crippen LogP contribution < -0.4 is 15.4 Å². The summed E-state index contributed by atoms with van der Waals surface area (Å²) in [6.45, 7) is 0.0213. The van der Waals surface area contributed by atoms with Gasteiger partial charge in [-0.3, -0.25) is 14.2 Å². The van der Waals surface area contributed by atoms with Gasteiger partial charge >= 0.3 is 0 Å². The van der Waals surface area contributed by atoms with Crippen molar-refractivity contribution in [2.45, 2.75) is 11.7 Å². The summed E-state index contributed by atoms with van der Waals surface area (Å²) < 4.78 is 20.3. The summed E-state index contributed by atoms with van der Waals surface area (Å²) in [6, 6.07) is 19.4. The molecule has 3 aromatic carbocycles. The number of methoxy groups -OCH3 is 1. The van der Waals surface area contributed by atoms with Crippen LogP contribution in [0.1, 0.15) is 16.2 Å². The summed E-state index contributed by atoms with van der Waals surface area (Å²) in [5, 5.41) is 14.9. The van der Waals surface area contributed by atoms with E-state index >= 15 is 0 Å². The maximum absolute atomic E-state index is 13.5. The molecule has 0 aliphatic heterocycles. The zero-order valence-electron chi connectivity index (χ0n) is 19.1. The highest BCUT2D eigenvalue weighted by atomic mass is 35.5. The molecule has 11 heteroatoms. The molecule has 0 spiro atoms. The fourth-order valence-corrected chi connectivity index (χ4v) is 4.23. The van der Waals surface area contributed by atoms with Gasteiger partial charge in [0.05, 0.1) is 25.1 Å². The lowest BCUT2D eigenvalue weighted by Gasteiger charge is -2.12. The number of nitrogens with one attached hydrogen (secondary N) is 2. The third kappa shape index (κ3) is 6.41. The molecule has 1 aromatic heterocycles. The molecule has 36 heavy (non-hydrogen) atoms. The molecule has 4 rings (SSSR count). The van der Waals surface area contributed by atoms with Gasteiger partial charge in [0.1, 0.15) is 11.6 Å². The number of anilines is 1. The molecule has 0 aliphatic rings. The molecule has 0 saturated carbocycles. The number of rotatable bonds is 9. The first kappa shape index (κ1) is 25.2. The van der Waals surface area contributed by atoms with E-state index in [9.17, 15) is 14.0 Å². The van der Waals surface area contributed by atoms with E-state index in [1.807, 2.05) is 6.07 Å². The molecule has 8 nitrogen and oxygen atoms in total. The van der Waals surface area contributed by atoms with Crippen LogP contribution in [0.3, 0.4) is 0 Å². The van der Waals surface area contributed by atoms with Crippen molar-refractivity contribution in [1.82, 2.24) is 20.1 Å². The van der Waals surface area contributed by atoms with Crippen LogP contribution in [0.15, 0.2) is 78.0 Å². The second-order valence-electron chi connectivity index (χ2n) is 7.47. The topological polar surface area (TPSA) is 98.1 Å². The number of hydrogen-bond donors (Lipinski definition) is 2. The molecule has 2 N–H and O–H groups in total. The molecule has 4 aromatic rings. The highest BCUT2D eigenvalue weighted by Gasteiger charge is 2.17. The maximum Gasteiger partial charge on any atom is 0.251 e. The molecule has 184 valence electrons. The largest absolute Gasteiger partial charge is 0.497 e. The predicted octanol–water partition coefficient (Wildman–Crippen LogP) is 4.73. The van der Waals surface area contributed by atoms with Gasteiger partial charge in [0.25, 0.3) is 5.91 Å². The Morgan fingerprint density at radius 3 is 2.56 bits per heavy atom. The third-order valence-corrected chi connectivity index (χ3v) is 6.13. The number of carbonyl (C=O) groups excluding carboxylic acids is 2. The van der Waals surface area contributed by atoms with Crippen molar-refractivity contribution in [3.63, 3.8) is 0 Å². The Balaban J connectivity index is 1.49. The molecular weight excluding hydrogens is 505 g/mol. The van der Waals surface area contributed by atoms with Crippen LogP contribution in [-0.2, 0) is 11.3 Å². The van der Waals surface area contributed by atoms with Crippen molar-refractivity contribution < 1.29 is 18.7 Å². The molecule has 0 aliphatic carbocycles. The standard InChI is InChI=1S/C25H21ClFN5O3S/c1-35-21-10-8-19(9-11-21)29-23(33)15-36-25-31-30-22(32(25)20-7-3-5-17(26)13-20)14-28-24(34)16-4-2-6-18(27)12-16/h2-13H,14-15H2,1H3,(H,28,34)(H,29,33). The van der Waals surface area contributed by atoms with E-state index < -0.39 is 11.7 Å². The zero-order valence-corrected chi connectivity index (χ0v) is 20.6. The Kier molecular flexibility index (Phi) is 8.19. The van der Waals surface area contributed by atoms with Gasteiger partial charge in [-0.15, -0.1) is 10.2 Å². The summed E-state index contributed by atoms with van der Waals surface area (Å²) >= 11 is 7.37. The quantitative estimate of drug-likeness (QED) is 0.307. The lowest BCUT2D eigenvalue weighted by Crippen LogP contribution is -2.24. The van der Waals surface area contributed by atoms with Gasteiger partial charge in [-0.25, -0.2) is 4.39 Å². The minimum atomic E-state index is -0.503. The van der Waals surface area contributed by atoms with Crippen LogP contribution in [0.2, 0.25) is 5.02 Å². The summed E-state index contributed by atoms with van der Waals surface area (Å²) in [6.07, 6.45) is 0. The summed E-state index contributed by atoms with van der Waals surface area (Å²) in [5.74, 6) is -0.0131. The SMILES string of the molecule is COc1ccc(NC(=O)CSc2nnc(CNC(=O)c3cccc(F)c3)n2-c2cccc(Cl)c2)cc1. The smallest absolute Gasteiger partial charge is 0.251 e. The van der Waals surface area contributed by atoms with E-state index in [1.165, 1.54) is 30.0 Å². The van der Waals surface area contributed by atoms with Crippen molar-refractivity contribution in [3.05, 3.63) is 95.0 Å². The van der Waals surface area contributed by atoms with Crippen LogP contribution in [-0.4, -0.2) is 39.4 Å². The number of ether oxygens (including phenoxy) is 1. The van der Waals surface area contributed by atoms with Gasteiger partial charge < -0.3 is 15.4 Å². The maximum atomic E-state index is 13.5. The van der Waals surface area contributed by atoms with Crippen LogP contribution in [0.4, 0.5) is 10.1 Å². The number of nitrogens with zero attached hydrogens (tertiary/aromatic N) is 3. The van der Waals surface area contributed by atoms with E-state index in [2.05, 4.69) is 20.8 Å². The van der Waals surface area contributed by atoms with Crippen LogP contribution >= 0.6 is 23.4 Å². The molecule has 2 amide bonds. The number of carbonyl (C=O) groups is 2. The van der Waals surface area contributed by atoms with Gasteiger partial charge in [0, 0.05) is 16.3 Å². The summed E-state index contributed by atoms with van der Waals surface area (Å²) in [5.41, 5.74) is 1.49. The Bertz CT molecular complexity index is 1380. The van der Waals surface area contributed by atoms with Crippen molar-refractivity contribution in [3.8, 4) is 11.4 Å². The summed E-state index contributed by atoms with van der Waals surface area (Å²) in [4.78, 5) is 25.0. The molecule has 0 saturated heterocycles. The monoisotopic (exact) mass is 525 g/mol. The first-order valence-corrected chi connectivity index (χ1v) is 12.1. The van der Waals surface area contributed by atoms with Crippen molar-refractivity contribution in [2.75, 3.05) is 18.2 Å². The van der Waals surface area contributed by atoms with E-state index in [0.29, 0.717) is 33.1 Å². The lowest BCUT2D eigenvalue weighted by molar-refractivity contribution is -0.113. The molecule has 0 bridgehead atoms. The fraction of sp³-hybridized carbons (Fsp3) is 0.120. The minimum Gasteiger partial charge on any atom is -0.497 e. The normalized spacial score (nSPS) is 10.6. The predicted molar refractivity (Wildman–Crippen MR) is 136 cm³/mol. The Labute approximate surface area is 215 Å². The first-order chi connectivity index (χ1) is 17.4. The number of benzene rings is 3. The molecule has 0 unspecified atom stereocenters. The Morgan fingerprint density at radius 1 is 1.06 bits per heavy atom.